The Morgan fingerprint density at radius 1 is 1.10 bits per heavy atom. The van der Waals surface area contributed by atoms with Crippen LogP contribution in [-0.2, 0) is 0 Å². The first-order valence-corrected chi connectivity index (χ1v) is 10.1. The number of benzene rings is 2. The van der Waals surface area contributed by atoms with E-state index in [-0.39, 0.29) is 6.03 Å². The van der Waals surface area contributed by atoms with Crippen LogP contribution in [-0.4, -0.2) is 54.6 Å². The predicted molar refractivity (Wildman–Crippen MR) is 117 cm³/mol. The lowest BCUT2D eigenvalue weighted by atomic mass is 9.97. The molecule has 1 saturated heterocycles. The van der Waals surface area contributed by atoms with Gasteiger partial charge in [-0.1, -0.05) is 36.4 Å². The molecule has 1 aliphatic rings. The van der Waals surface area contributed by atoms with Gasteiger partial charge >= 0.3 is 6.03 Å². The molecule has 2 aromatic carbocycles. The average molecular weight is 390 g/mol. The normalized spacial score (nSPS) is 14.8. The highest BCUT2D eigenvalue weighted by Crippen LogP contribution is 2.25. The summed E-state index contributed by atoms with van der Waals surface area (Å²) in [5.41, 5.74) is 2.05. The van der Waals surface area contributed by atoms with E-state index in [1.807, 2.05) is 12.3 Å². The highest BCUT2D eigenvalue weighted by Gasteiger charge is 2.22. The van der Waals surface area contributed by atoms with Crippen molar-refractivity contribution >= 4 is 22.8 Å². The lowest BCUT2D eigenvalue weighted by Gasteiger charge is -2.32. The van der Waals surface area contributed by atoms with Crippen LogP contribution in [0.1, 0.15) is 12.8 Å². The van der Waals surface area contributed by atoms with Crippen molar-refractivity contribution in [3.8, 4) is 11.3 Å². The number of carbonyl (C=O) groups is 1. The minimum Gasteiger partial charge on any atom is -0.341 e. The van der Waals surface area contributed by atoms with Crippen molar-refractivity contribution in [3.05, 3.63) is 54.7 Å². The van der Waals surface area contributed by atoms with Gasteiger partial charge in [-0.05, 0) is 41.7 Å². The minimum absolute atomic E-state index is 0.0288. The average Bonchev–Trinajstić information content (AvgIpc) is 2.77. The van der Waals surface area contributed by atoms with Crippen LogP contribution in [0.2, 0.25) is 0 Å². The van der Waals surface area contributed by atoms with Gasteiger partial charge in [-0.25, -0.2) is 14.8 Å². The molecule has 0 aliphatic carbocycles. The van der Waals surface area contributed by atoms with Crippen LogP contribution < -0.4 is 10.2 Å². The Morgan fingerprint density at radius 3 is 2.62 bits per heavy atom. The number of fused-ring (bicyclic) bond motifs is 1. The first-order chi connectivity index (χ1) is 14.1. The van der Waals surface area contributed by atoms with Crippen molar-refractivity contribution in [2.75, 3.05) is 38.6 Å². The fraction of sp³-hybridized carbons (Fsp3) is 0.348. The summed E-state index contributed by atoms with van der Waals surface area (Å²) in [6, 6.07) is 16.7. The Morgan fingerprint density at radius 2 is 1.86 bits per heavy atom. The molecule has 6 nitrogen and oxygen atoms in total. The number of urea groups is 1. The van der Waals surface area contributed by atoms with Gasteiger partial charge in [0, 0.05) is 45.5 Å². The topological polar surface area (TPSA) is 61.4 Å². The largest absolute Gasteiger partial charge is 0.341 e. The molecule has 6 heteroatoms. The highest BCUT2D eigenvalue weighted by atomic mass is 16.2. The first-order valence-electron chi connectivity index (χ1n) is 10.1. The first kappa shape index (κ1) is 19.2. The number of rotatable bonds is 4. The molecule has 1 N–H and O–H groups in total. The number of aromatic nitrogens is 2. The van der Waals surface area contributed by atoms with Gasteiger partial charge in [-0.15, -0.1) is 0 Å². The number of anilines is 1. The zero-order chi connectivity index (χ0) is 20.2. The third kappa shape index (κ3) is 4.47. The van der Waals surface area contributed by atoms with E-state index in [1.54, 1.807) is 19.0 Å². The standard InChI is InChI=1S/C23H27N5O/c1-27(2)23(29)25-16-17-10-13-28(14-11-17)22-24-12-9-21(26-22)20-8-7-18-5-3-4-6-19(18)15-20/h3-9,12,15,17H,10-11,13-14,16H2,1-2H3,(H,25,29). The van der Waals surface area contributed by atoms with E-state index in [9.17, 15) is 4.79 Å². The lowest BCUT2D eigenvalue weighted by Crippen LogP contribution is -2.42. The van der Waals surface area contributed by atoms with E-state index in [0.29, 0.717) is 5.92 Å². The van der Waals surface area contributed by atoms with Gasteiger partial charge in [0.15, 0.2) is 0 Å². The van der Waals surface area contributed by atoms with Crippen molar-refractivity contribution in [1.29, 1.82) is 0 Å². The molecule has 0 saturated carbocycles. The van der Waals surface area contributed by atoms with Crippen LogP contribution in [0.3, 0.4) is 0 Å². The molecule has 1 aliphatic heterocycles. The maximum Gasteiger partial charge on any atom is 0.316 e. The van der Waals surface area contributed by atoms with E-state index in [2.05, 4.69) is 57.7 Å². The quantitative estimate of drug-likeness (QED) is 0.738. The molecule has 1 fully saturated rings. The minimum atomic E-state index is -0.0288. The number of carbonyl (C=O) groups excluding carboxylic acids is 1. The summed E-state index contributed by atoms with van der Waals surface area (Å²) in [5.74, 6) is 1.28. The van der Waals surface area contributed by atoms with Gasteiger partial charge in [0.05, 0.1) is 5.69 Å². The van der Waals surface area contributed by atoms with Gasteiger partial charge < -0.3 is 15.1 Å². The SMILES string of the molecule is CN(C)C(=O)NCC1CCN(c2nccc(-c3ccc4ccccc4c3)n2)CC1. The fourth-order valence-corrected chi connectivity index (χ4v) is 3.74. The van der Waals surface area contributed by atoms with Crippen molar-refractivity contribution in [2.45, 2.75) is 12.8 Å². The summed E-state index contributed by atoms with van der Waals surface area (Å²) in [6.45, 7) is 2.54. The zero-order valence-electron chi connectivity index (χ0n) is 17.0. The molecular formula is C23H27N5O. The Bertz CT molecular complexity index is 995. The van der Waals surface area contributed by atoms with Crippen LogP contribution in [0, 0.1) is 5.92 Å². The molecule has 3 aromatic rings. The van der Waals surface area contributed by atoms with Crippen LogP contribution in [0.5, 0.6) is 0 Å². The van der Waals surface area contributed by atoms with Crippen LogP contribution in [0.4, 0.5) is 10.7 Å². The molecule has 0 bridgehead atoms. The third-order valence-corrected chi connectivity index (χ3v) is 5.53. The Balaban J connectivity index is 1.42. The molecule has 1 aromatic heterocycles. The molecule has 150 valence electrons. The fourth-order valence-electron chi connectivity index (χ4n) is 3.74. The second-order valence-corrected chi connectivity index (χ2v) is 7.81. The molecule has 0 radical (unpaired) electrons. The van der Waals surface area contributed by atoms with Gasteiger partial charge in [-0.2, -0.15) is 0 Å². The highest BCUT2D eigenvalue weighted by molar-refractivity contribution is 5.86. The van der Waals surface area contributed by atoms with E-state index >= 15 is 0 Å². The van der Waals surface area contributed by atoms with E-state index in [1.165, 1.54) is 10.8 Å². The second kappa shape index (κ2) is 8.47. The lowest BCUT2D eigenvalue weighted by molar-refractivity contribution is 0.214. The van der Waals surface area contributed by atoms with Gasteiger partial charge in [0.25, 0.3) is 0 Å². The summed E-state index contributed by atoms with van der Waals surface area (Å²) in [4.78, 5) is 24.9. The Labute approximate surface area is 171 Å². The summed E-state index contributed by atoms with van der Waals surface area (Å²) >= 11 is 0. The summed E-state index contributed by atoms with van der Waals surface area (Å²) in [7, 11) is 3.52. The number of hydrogen-bond acceptors (Lipinski definition) is 4. The maximum atomic E-state index is 11.7. The molecule has 2 amide bonds. The molecular weight excluding hydrogens is 362 g/mol. The number of amides is 2. The van der Waals surface area contributed by atoms with Gasteiger partial charge in [-0.3, -0.25) is 0 Å². The molecule has 29 heavy (non-hydrogen) atoms. The zero-order valence-corrected chi connectivity index (χ0v) is 17.0. The Hall–Kier alpha value is -3.15. The number of hydrogen-bond donors (Lipinski definition) is 1. The Kier molecular flexibility index (Phi) is 5.60. The molecule has 4 rings (SSSR count). The molecule has 0 unspecified atom stereocenters. The van der Waals surface area contributed by atoms with Crippen molar-refractivity contribution in [3.63, 3.8) is 0 Å². The second-order valence-electron chi connectivity index (χ2n) is 7.81. The van der Waals surface area contributed by atoms with Crippen LogP contribution >= 0.6 is 0 Å². The number of nitrogens with one attached hydrogen (secondary N) is 1. The smallest absolute Gasteiger partial charge is 0.316 e. The van der Waals surface area contributed by atoms with E-state index < -0.39 is 0 Å². The summed E-state index contributed by atoms with van der Waals surface area (Å²) < 4.78 is 0. The van der Waals surface area contributed by atoms with Crippen molar-refractivity contribution in [1.82, 2.24) is 20.2 Å². The molecule has 2 heterocycles. The van der Waals surface area contributed by atoms with Crippen molar-refractivity contribution in [2.24, 2.45) is 5.92 Å². The number of nitrogens with zero attached hydrogens (tertiary/aromatic N) is 4. The third-order valence-electron chi connectivity index (χ3n) is 5.53. The van der Waals surface area contributed by atoms with Crippen LogP contribution in [0.25, 0.3) is 22.0 Å². The molecule has 0 atom stereocenters. The predicted octanol–water partition coefficient (Wildman–Crippen LogP) is 3.78. The summed E-state index contributed by atoms with van der Waals surface area (Å²) in [5, 5.41) is 5.43. The van der Waals surface area contributed by atoms with E-state index in [4.69, 9.17) is 4.98 Å². The monoisotopic (exact) mass is 389 g/mol. The van der Waals surface area contributed by atoms with Gasteiger partial charge in [0.1, 0.15) is 0 Å². The molecule has 0 spiro atoms. The van der Waals surface area contributed by atoms with E-state index in [0.717, 1.165) is 49.7 Å². The maximum absolute atomic E-state index is 11.7. The summed E-state index contributed by atoms with van der Waals surface area (Å²) in [6.07, 6.45) is 3.89. The van der Waals surface area contributed by atoms with Crippen molar-refractivity contribution < 1.29 is 4.79 Å². The van der Waals surface area contributed by atoms with Gasteiger partial charge in [0.2, 0.25) is 5.95 Å². The number of piperidine rings is 1. The van der Waals surface area contributed by atoms with Crippen LogP contribution in [0.15, 0.2) is 54.7 Å².